The van der Waals surface area contributed by atoms with Crippen LogP contribution >= 0.6 is 11.3 Å². The molecule has 5 rings (SSSR count). The quantitative estimate of drug-likeness (QED) is 0.462. The summed E-state index contributed by atoms with van der Waals surface area (Å²) in [5.41, 5.74) is 9.81. The maximum atomic E-state index is 6.35. The number of anilines is 1. The van der Waals surface area contributed by atoms with Gasteiger partial charge in [0.25, 0.3) is 0 Å². The molecule has 7 heteroatoms. The van der Waals surface area contributed by atoms with Crippen molar-refractivity contribution in [2.24, 2.45) is 5.73 Å². The van der Waals surface area contributed by atoms with Crippen LogP contribution in [0, 0.1) is 0 Å². The number of hydrogen-bond donors (Lipinski definition) is 3. The molecule has 0 amide bonds. The summed E-state index contributed by atoms with van der Waals surface area (Å²) in [6.45, 7) is 0.941. The third-order valence-corrected chi connectivity index (χ3v) is 5.84. The van der Waals surface area contributed by atoms with Gasteiger partial charge in [-0.25, -0.2) is 4.98 Å². The molecule has 0 spiro atoms. The number of hydrogen-bond acceptors (Lipinski definition) is 6. The molecule has 3 heterocycles. The molecule has 0 bridgehead atoms. The van der Waals surface area contributed by atoms with Crippen LogP contribution in [0.1, 0.15) is 5.56 Å². The van der Waals surface area contributed by atoms with Crippen LogP contribution in [-0.4, -0.2) is 29.3 Å². The van der Waals surface area contributed by atoms with Crippen LogP contribution in [0.5, 0.6) is 11.5 Å². The molecule has 1 atom stereocenters. The standard InChI is InChI=1S/C21H20N4O2S/c22-15(7-14-9-23-17-4-2-1-3-16(14)17)10-24-21-25-11-20(28-21)13-5-6-18-19(8-13)27-12-26-18/h1-6,8-9,11,15,23H,7,10,12,22H2,(H,24,25)/t15-/m0/s1. The lowest BCUT2D eigenvalue weighted by Gasteiger charge is -2.11. The minimum Gasteiger partial charge on any atom is -0.454 e. The van der Waals surface area contributed by atoms with Gasteiger partial charge in [-0.3, -0.25) is 0 Å². The van der Waals surface area contributed by atoms with Gasteiger partial charge in [-0.1, -0.05) is 29.5 Å². The molecule has 28 heavy (non-hydrogen) atoms. The maximum absolute atomic E-state index is 6.35. The highest BCUT2D eigenvalue weighted by atomic mass is 32.1. The minimum atomic E-state index is -0.00269. The topological polar surface area (TPSA) is 85.2 Å². The molecular formula is C21H20N4O2S. The van der Waals surface area contributed by atoms with E-state index in [1.165, 1.54) is 10.9 Å². The Morgan fingerprint density at radius 2 is 2.07 bits per heavy atom. The molecule has 6 nitrogen and oxygen atoms in total. The Morgan fingerprint density at radius 3 is 3.04 bits per heavy atom. The van der Waals surface area contributed by atoms with Crippen molar-refractivity contribution in [3.05, 3.63) is 60.4 Å². The number of nitrogens with zero attached hydrogens (tertiary/aromatic N) is 1. The molecular weight excluding hydrogens is 372 g/mol. The van der Waals surface area contributed by atoms with E-state index in [0.29, 0.717) is 6.54 Å². The molecule has 2 aromatic heterocycles. The lowest BCUT2D eigenvalue weighted by molar-refractivity contribution is 0.174. The molecule has 0 aliphatic carbocycles. The summed E-state index contributed by atoms with van der Waals surface area (Å²) in [6, 6.07) is 14.2. The van der Waals surface area contributed by atoms with Crippen LogP contribution in [0.15, 0.2) is 54.9 Å². The highest BCUT2D eigenvalue weighted by molar-refractivity contribution is 7.18. The van der Waals surface area contributed by atoms with Gasteiger partial charge < -0.3 is 25.5 Å². The molecule has 0 saturated heterocycles. The van der Waals surface area contributed by atoms with Gasteiger partial charge in [-0.15, -0.1) is 0 Å². The van der Waals surface area contributed by atoms with E-state index in [1.54, 1.807) is 11.3 Å². The largest absolute Gasteiger partial charge is 0.454 e. The predicted molar refractivity (Wildman–Crippen MR) is 112 cm³/mol. The zero-order valence-electron chi connectivity index (χ0n) is 15.1. The summed E-state index contributed by atoms with van der Waals surface area (Å²) in [5.74, 6) is 1.57. The van der Waals surface area contributed by atoms with Crippen LogP contribution in [-0.2, 0) is 6.42 Å². The normalized spacial score (nSPS) is 13.8. The summed E-state index contributed by atoms with van der Waals surface area (Å²) in [4.78, 5) is 8.85. The van der Waals surface area contributed by atoms with Gasteiger partial charge in [-0.05, 0) is 41.8 Å². The van der Waals surface area contributed by atoms with Crippen LogP contribution < -0.4 is 20.5 Å². The van der Waals surface area contributed by atoms with E-state index in [1.807, 2.05) is 36.7 Å². The molecule has 2 aromatic carbocycles. The highest BCUT2D eigenvalue weighted by Crippen LogP contribution is 2.38. The number of aromatic amines is 1. The van der Waals surface area contributed by atoms with Crippen molar-refractivity contribution in [2.75, 3.05) is 18.7 Å². The Hall–Kier alpha value is -3.03. The molecule has 1 aliphatic rings. The first-order valence-corrected chi connectivity index (χ1v) is 9.98. The first-order valence-electron chi connectivity index (χ1n) is 9.16. The predicted octanol–water partition coefficient (Wildman–Crippen LogP) is 4.00. The van der Waals surface area contributed by atoms with Gasteiger partial charge in [-0.2, -0.15) is 0 Å². The van der Waals surface area contributed by atoms with Gasteiger partial charge in [0.1, 0.15) is 0 Å². The molecule has 4 N–H and O–H groups in total. The second kappa shape index (κ2) is 7.18. The zero-order valence-corrected chi connectivity index (χ0v) is 16.0. The van der Waals surface area contributed by atoms with E-state index in [0.717, 1.165) is 39.0 Å². The number of nitrogens with one attached hydrogen (secondary N) is 2. The number of ether oxygens (including phenoxy) is 2. The number of fused-ring (bicyclic) bond motifs is 2. The maximum Gasteiger partial charge on any atom is 0.231 e. The van der Waals surface area contributed by atoms with Crippen molar-refractivity contribution in [2.45, 2.75) is 12.5 Å². The highest BCUT2D eigenvalue weighted by Gasteiger charge is 2.15. The van der Waals surface area contributed by atoms with Gasteiger partial charge in [0.2, 0.25) is 6.79 Å². The van der Waals surface area contributed by atoms with Crippen molar-refractivity contribution < 1.29 is 9.47 Å². The summed E-state index contributed by atoms with van der Waals surface area (Å²) < 4.78 is 10.8. The minimum absolute atomic E-state index is 0.00269. The van der Waals surface area contributed by atoms with E-state index in [-0.39, 0.29) is 12.8 Å². The molecule has 142 valence electrons. The molecule has 0 radical (unpaired) electrons. The fraction of sp³-hybridized carbons (Fsp3) is 0.190. The molecule has 0 unspecified atom stereocenters. The molecule has 1 aliphatic heterocycles. The van der Waals surface area contributed by atoms with E-state index in [9.17, 15) is 0 Å². The smallest absolute Gasteiger partial charge is 0.231 e. The SMILES string of the molecule is N[C@H](CNc1ncc(-c2ccc3c(c2)OCO3)s1)Cc1c[nH]c2ccccc12. The Kier molecular flexibility index (Phi) is 4.38. The third kappa shape index (κ3) is 3.30. The van der Waals surface area contributed by atoms with E-state index >= 15 is 0 Å². The second-order valence-corrected chi connectivity index (χ2v) is 7.83. The van der Waals surface area contributed by atoms with Gasteiger partial charge in [0.05, 0.1) is 4.88 Å². The fourth-order valence-corrected chi connectivity index (χ4v) is 4.23. The Bertz CT molecular complexity index is 1120. The summed E-state index contributed by atoms with van der Waals surface area (Å²) >= 11 is 1.60. The van der Waals surface area contributed by atoms with Gasteiger partial charge >= 0.3 is 0 Å². The number of rotatable bonds is 6. The summed E-state index contributed by atoms with van der Waals surface area (Å²) in [7, 11) is 0. The lowest BCUT2D eigenvalue weighted by atomic mass is 10.1. The number of benzene rings is 2. The van der Waals surface area contributed by atoms with Crippen LogP contribution in [0.3, 0.4) is 0 Å². The van der Waals surface area contributed by atoms with Crippen molar-refractivity contribution in [3.8, 4) is 21.9 Å². The van der Waals surface area contributed by atoms with Gasteiger partial charge in [0.15, 0.2) is 16.6 Å². The van der Waals surface area contributed by atoms with E-state index in [2.05, 4.69) is 33.5 Å². The number of nitrogens with two attached hydrogens (primary N) is 1. The molecule has 0 fully saturated rings. The van der Waals surface area contributed by atoms with Crippen molar-refractivity contribution in [3.63, 3.8) is 0 Å². The first-order chi connectivity index (χ1) is 13.8. The Labute approximate surface area is 166 Å². The van der Waals surface area contributed by atoms with Crippen LogP contribution in [0.2, 0.25) is 0 Å². The average Bonchev–Trinajstić information content (AvgIpc) is 3.46. The third-order valence-electron chi connectivity index (χ3n) is 4.84. The summed E-state index contributed by atoms with van der Waals surface area (Å²) in [6.07, 6.45) is 4.72. The van der Waals surface area contributed by atoms with Crippen molar-refractivity contribution in [1.82, 2.24) is 9.97 Å². The van der Waals surface area contributed by atoms with E-state index in [4.69, 9.17) is 15.2 Å². The van der Waals surface area contributed by atoms with Crippen LogP contribution in [0.25, 0.3) is 21.3 Å². The van der Waals surface area contributed by atoms with Gasteiger partial charge in [0, 0.05) is 35.9 Å². The van der Waals surface area contributed by atoms with Crippen molar-refractivity contribution in [1.29, 1.82) is 0 Å². The second-order valence-electron chi connectivity index (χ2n) is 6.80. The number of thiazole rings is 1. The fourth-order valence-electron chi connectivity index (χ4n) is 3.41. The van der Waals surface area contributed by atoms with E-state index < -0.39 is 0 Å². The lowest BCUT2D eigenvalue weighted by Crippen LogP contribution is -2.31. The first kappa shape index (κ1) is 17.1. The van der Waals surface area contributed by atoms with Crippen LogP contribution in [0.4, 0.5) is 5.13 Å². The Balaban J connectivity index is 1.22. The Morgan fingerprint density at radius 1 is 1.18 bits per heavy atom. The number of para-hydroxylation sites is 1. The van der Waals surface area contributed by atoms with Crippen molar-refractivity contribution >= 4 is 27.4 Å². The zero-order chi connectivity index (χ0) is 18.9. The number of aromatic nitrogens is 2. The monoisotopic (exact) mass is 392 g/mol. The summed E-state index contributed by atoms with van der Waals surface area (Å²) in [5, 5.41) is 5.46. The molecule has 0 saturated carbocycles. The molecule has 4 aromatic rings. The average molecular weight is 392 g/mol. The number of H-pyrrole nitrogens is 1.